The van der Waals surface area contributed by atoms with Crippen LogP contribution in [0.3, 0.4) is 0 Å². The van der Waals surface area contributed by atoms with Crippen molar-refractivity contribution in [1.82, 2.24) is 5.32 Å². The Hall–Kier alpha value is -1.02. The number of amides is 1. The maximum atomic E-state index is 12.4. The molecule has 0 unspecified atom stereocenters. The molecule has 3 heteroatoms. The van der Waals surface area contributed by atoms with E-state index >= 15 is 0 Å². The van der Waals surface area contributed by atoms with E-state index in [0.29, 0.717) is 34.9 Å². The van der Waals surface area contributed by atoms with Crippen molar-refractivity contribution in [3.05, 3.63) is 34.9 Å². The largest absolute Gasteiger partial charge is 0.351 e. The predicted molar refractivity (Wildman–Crippen MR) is 95.3 cm³/mol. The smallest absolute Gasteiger partial charge is 0.251 e. The lowest BCUT2D eigenvalue weighted by Gasteiger charge is -2.43. The van der Waals surface area contributed by atoms with E-state index in [9.17, 15) is 4.79 Å². The Bertz CT molecular complexity index is 469. The van der Waals surface area contributed by atoms with Crippen molar-refractivity contribution in [3.8, 4) is 0 Å². The maximum Gasteiger partial charge on any atom is 0.251 e. The minimum Gasteiger partial charge on any atom is -0.351 e. The molecule has 1 N–H and O–H groups in total. The number of rotatable bonds is 7. The second-order valence-corrected chi connectivity index (χ2v) is 7.77. The molecule has 0 saturated heterocycles. The molecule has 2 nitrogen and oxygen atoms in total. The number of benzene rings is 1. The van der Waals surface area contributed by atoms with E-state index in [0.717, 1.165) is 6.42 Å². The van der Waals surface area contributed by atoms with Crippen LogP contribution in [0.1, 0.15) is 58.3 Å². The lowest BCUT2D eigenvalue weighted by molar-refractivity contribution is 0.0685. The molecule has 1 aromatic carbocycles. The van der Waals surface area contributed by atoms with E-state index in [-0.39, 0.29) is 11.3 Å². The standard InChI is InChI=1S/C19H30ClNO/c1-13(2)11-19(14(3)4,15(5)6)12-21-18(22)16-7-9-17(20)10-8-16/h7-10,13-15H,11-12H2,1-6H3,(H,21,22). The fraction of sp³-hybridized carbons (Fsp3) is 0.632. The van der Waals surface area contributed by atoms with Crippen LogP contribution in [0, 0.1) is 23.2 Å². The molecule has 0 aliphatic carbocycles. The maximum absolute atomic E-state index is 12.4. The van der Waals surface area contributed by atoms with Gasteiger partial charge in [-0.3, -0.25) is 4.79 Å². The average molecular weight is 324 g/mol. The van der Waals surface area contributed by atoms with Crippen LogP contribution in [-0.4, -0.2) is 12.5 Å². The van der Waals surface area contributed by atoms with Gasteiger partial charge in [-0.2, -0.15) is 0 Å². The highest BCUT2D eigenvalue weighted by Crippen LogP contribution is 2.41. The summed E-state index contributed by atoms with van der Waals surface area (Å²) in [5.74, 6) is 1.61. The molecule has 1 amide bonds. The first-order valence-electron chi connectivity index (χ1n) is 8.22. The molecule has 0 aliphatic heterocycles. The summed E-state index contributed by atoms with van der Waals surface area (Å²) in [6, 6.07) is 7.05. The SMILES string of the molecule is CC(C)CC(CNC(=O)c1ccc(Cl)cc1)(C(C)C)C(C)C. The average Bonchev–Trinajstić information content (AvgIpc) is 2.42. The lowest BCUT2D eigenvalue weighted by atomic mass is 9.64. The van der Waals surface area contributed by atoms with Crippen LogP contribution >= 0.6 is 11.6 Å². The Morgan fingerprint density at radius 2 is 1.55 bits per heavy atom. The molecular formula is C19H30ClNO. The van der Waals surface area contributed by atoms with Gasteiger partial charge in [-0.25, -0.2) is 0 Å². The molecule has 0 bridgehead atoms. The highest BCUT2D eigenvalue weighted by atomic mass is 35.5. The van der Waals surface area contributed by atoms with E-state index in [2.05, 4.69) is 46.9 Å². The Balaban J connectivity index is 2.86. The van der Waals surface area contributed by atoms with Gasteiger partial charge < -0.3 is 5.32 Å². The van der Waals surface area contributed by atoms with Gasteiger partial charge in [-0.1, -0.05) is 53.1 Å². The third-order valence-corrected chi connectivity index (χ3v) is 5.02. The molecule has 0 spiro atoms. The zero-order chi connectivity index (χ0) is 16.9. The van der Waals surface area contributed by atoms with Crippen LogP contribution in [0.2, 0.25) is 5.02 Å². The van der Waals surface area contributed by atoms with Crippen molar-refractivity contribution in [2.45, 2.75) is 48.0 Å². The quantitative estimate of drug-likeness (QED) is 0.713. The summed E-state index contributed by atoms with van der Waals surface area (Å²) in [4.78, 5) is 12.4. The molecule has 1 rings (SSSR count). The van der Waals surface area contributed by atoms with Crippen LogP contribution < -0.4 is 5.32 Å². The zero-order valence-corrected chi connectivity index (χ0v) is 15.5. The third kappa shape index (κ3) is 4.74. The first-order chi connectivity index (χ1) is 10.2. The van der Waals surface area contributed by atoms with Crippen molar-refractivity contribution in [1.29, 1.82) is 0 Å². The van der Waals surface area contributed by atoms with Crippen molar-refractivity contribution in [3.63, 3.8) is 0 Å². The highest BCUT2D eigenvalue weighted by Gasteiger charge is 2.37. The lowest BCUT2D eigenvalue weighted by Crippen LogP contribution is -2.45. The number of hydrogen-bond acceptors (Lipinski definition) is 1. The summed E-state index contributed by atoms with van der Waals surface area (Å²) in [7, 11) is 0. The predicted octanol–water partition coefficient (Wildman–Crippen LogP) is 5.41. The molecular weight excluding hydrogens is 294 g/mol. The number of halogens is 1. The first kappa shape index (κ1) is 19.0. The molecule has 0 radical (unpaired) electrons. The summed E-state index contributed by atoms with van der Waals surface area (Å²) >= 11 is 5.87. The summed E-state index contributed by atoms with van der Waals surface area (Å²) in [5.41, 5.74) is 0.784. The van der Waals surface area contributed by atoms with Gasteiger partial charge in [0.25, 0.3) is 5.91 Å². The fourth-order valence-corrected chi connectivity index (χ4v) is 3.45. The molecule has 0 heterocycles. The molecule has 0 aromatic heterocycles. The molecule has 0 atom stereocenters. The Morgan fingerprint density at radius 3 is 1.95 bits per heavy atom. The molecule has 124 valence electrons. The van der Waals surface area contributed by atoms with Gasteiger partial charge >= 0.3 is 0 Å². The van der Waals surface area contributed by atoms with Gasteiger partial charge in [0.1, 0.15) is 0 Å². The van der Waals surface area contributed by atoms with Gasteiger partial charge in [0, 0.05) is 17.1 Å². The van der Waals surface area contributed by atoms with Crippen molar-refractivity contribution in [2.75, 3.05) is 6.54 Å². The normalized spacial score (nSPS) is 12.3. The Morgan fingerprint density at radius 1 is 1.05 bits per heavy atom. The fourth-order valence-electron chi connectivity index (χ4n) is 3.33. The number of carbonyl (C=O) groups is 1. The summed E-state index contributed by atoms with van der Waals surface area (Å²) < 4.78 is 0. The van der Waals surface area contributed by atoms with Gasteiger partial charge in [-0.05, 0) is 53.9 Å². The second-order valence-electron chi connectivity index (χ2n) is 7.33. The number of nitrogens with one attached hydrogen (secondary N) is 1. The Kier molecular flexibility index (Phi) is 6.93. The van der Waals surface area contributed by atoms with Crippen molar-refractivity contribution >= 4 is 17.5 Å². The minimum atomic E-state index is -0.0221. The summed E-state index contributed by atoms with van der Waals surface area (Å²) in [6.07, 6.45) is 1.11. The van der Waals surface area contributed by atoms with Crippen LogP contribution in [0.25, 0.3) is 0 Å². The van der Waals surface area contributed by atoms with E-state index in [1.807, 2.05) is 0 Å². The third-order valence-electron chi connectivity index (χ3n) is 4.77. The van der Waals surface area contributed by atoms with Crippen LogP contribution in [0.4, 0.5) is 0 Å². The number of hydrogen-bond donors (Lipinski definition) is 1. The molecule has 0 fully saturated rings. The van der Waals surface area contributed by atoms with Gasteiger partial charge in [-0.15, -0.1) is 0 Å². The second kappa shape index (κ2) is 8.01. The molecule has 0 saturated carbocycles. The van der Waals surface area contributed by atoms with Crippen molar-refractivity contribution in [2.24, 2.45) is 23.2 Å². The molecule has 0 aliphatic rings. The van der Waals surface area contributed by atoms with E-state index < -0.39 is 0 Å². The summed E-state index contributed by atoms with van der Waals surface area (Å²) in [5, 5.41) is 3.79. The Labute approximate surface area is 140 Å². The van der Waals surface area contributed by atoms with Gasteiger partial charge in [0.15, 0.2) is 0 Å². The topological polar surface area (TPSA) is 29.1 Å². The van der Waals surface area contributed by atoms with Gasteiger partial charge in [0.05, 0.1) is 0 Å². The van der Waals surface area contributed by atoms with Crippen LogP contribution in [-0.2, 0) is 0 Å². The molecule has 22 heavy (non-hydrogen) atoms. The first-order valence-corrected chi connectivity index (χ1v) is 8.60. The van der Waals surface area contributed by atoms with Crippen molar-refractivity contribution < 1.29 is 4.79 Å². The molecule has 1 aromatic rings. The minimum absolute atomic E-state index is 0.0221. The van der Waals surface area contributed by atoms with Crippen LogP contribution in [0.15, 0.2) is 24.3 Å². The summed E-state index contributed by atoms with van der Waals surface area (Å²) in [6.45, 7) is 14.3. The van der Waals surface area contributed by atoms with E-state index in [4.69, 9.17) is 11.6 Å². The monoisotopic (exact) mass is 323 g/mol. The van der Waals surface area contributed by atoms with E-state index in [1.54, 1.807) is 24.3 Å². The van der Waals surface area contributed by atoms with Crippen LogP contribution in [0.5, 0.6) is 0 Å². The highest BCUT2D eigenvalue weighted by molar-refractivity contribution is 6.30. The van der Waals surface area contributed by atoms with Gasteiger partial charge in [0.2, 0.25) is 0 Å². The van der Waals surface area contributed by atoms with E-state index in [1.165, 1.54) is 0 Å². The zero-order valence-electron chi connectivity index (χ0n) is 14.7. The number of carbonyl (C=O) groups excluding carboxylic acids is 1.